The van der Waals surface area contributed by atoms with E-state index in [-0.39, 0.29) is 11.9 Å². The number of benzene rings is 1. The molecule has 1 fully saturated rings. The molecular weight excluding hydrogens is 250 g/mol. The fourth-order valence-corrected chi connectivity index (χ4v) is 2.62. The number of carbonyl (C=O) groups is 1. The first-order valence-corrected chi connectivity index (χ1v) is 7.38. The zero-order valence-corrected chi connectivity index (χ0v) is 12.4. The van der Waals surface area contributed by atoms with Crippen molar-refractivity contribution in [2.24, 2.45) is 5.73 Å². The van der Waals surface area contributed by atoms with E-state index in [1.807, 2.05) is 13.0 Å². The Morgan fingerprint density at radius 3 is 2.80 bits per heavy atom. The molecule has 20 heavy (non-hydrogen) atoms. The van der Waals surface area contributed by atoms with Gasteiger partial charge in [-0.1, -0.05) is 29.8 Å². The first-order valence-electron chi connectivity index (χ1n) is 7.38. The molecule has 0 unspecified atom stereocenters. The van der Waals surface area contributed by atoms with Crippen molar-refractivity contribution in [2.75, 3.05) is 19.6 Å². The maximum Gasteiger partial charge on any atom is 0.234 e. The Morgan fingerprint density at radius 1 is 1.45 bits per heavy atom. The van der Waals surface area contributed by atoms with Crippen LogP contribution in [0.1, 0.15) is 36.9 Å². The second-order valence-corrected chi connectivity index (χ2v) is 5.82. The number of likely N-dealkylation sites (tertiary alicyclic amines) is 1. The molecule has 0 aromatic heterocycles. The van der Waals surface area contributed by atoms with Crippen LogP contribution in [-0.2, 0) is 4.79 Å². The Kier molecular flexibility index (Phi) is 5.15. The van der Waals surface area contributed by atoms with Crippen molar-refractivity contribution in [3.8, 4) is 0 Å². The molecule has 110 valence electrons. The quantitative estimate of drug-likeness (QED) is 0.877. The van der Waals surface area contributed by atoms with Gasteiger partial charge in [-0.25, -0.2) is 0 Å². The van der Waals surface area contributed by atoms with Gasteiger partial charge in [0.1, 0.15) is 0 Å². The topological polar surface area (TPSA) is 58.4 Å². The predicted molar refractivity (Wildman–Crippen MR) is 81.4 cm³/mol. The third kappa shape index (κ3) is 4.32. The van der Waals surface area contributed by atoms with Gasteiger partial charge in [0.05, 0.1) is 12.6 Å². The standard InChI is InChI=1S/C16H25N3O/c1-12-4-3-5-14(10-12)13(2)18-16(20)11-19-8-6-15(17)7-9-19/h3-5,10,13,15H,6-9,11,17H2,1-2H3,(H,18,20)/t13-/m1/s1. The van der Waals surface area contributed by atoms with Gasteiger partial charge in [0, 0.05) is 19.1 Å². The number of carbonyl (C=O) groups excluding carboxylic acids is 1. The Hall–Kier alpha value is -1.39. The molecule has 0 aliphatic carbocycles. The van der Waals surface area contributed by atoms with Crippen molar-refractivity contribution >= 4 is 5.91 Å². The summed E-state index contributed by atoms with van der Waals surface area (Å²) in [4.78, 5) is 14.3. The summed E-state index contributed by atoms with van der Waals surface area (Å²) in [6.45, 7) is 6.41. The van der Waals surface area contributed by atoms with E-state index < -0.39 is 0 Å². The van der Waals surface area contributed by atoms with Crippen LogP contribution in [0.5, 0.6) is 0 Å². The molecule has 2 rings (SSSR count). The normalized spacial score (nSPS) is 18.8. The molecule has 4 nitrogen and oxygen atoms in total. The molecule has 1 amide bonds. The number of rotatable bonds is 4. The Bertz CT molecular complexity index is 453. The summed E-state index contributed by atoms with van der Waals surface area (Å²) in [6.07, 6.45) is 1.97. The summed E-state index contributed by atoms with van der Waals surface area (Å²) >= 11 is 0. The van der Waals surface area contributed by atoms with E-state index in [1.54, 1.807) is 0 Å². The van der Waals surface area contributed by atoms with Gasteiger partial charge >= 0.3 is 0 Å². The zero-order valence-electron chi connectivity index (χ0n) is 12.4. The average molecular weight is 275 g/mol. The largest absolute Gasteiger partial charge is 0.348 e. The smallest absolute Gasteiger partial charge is 0.234 e. The van der Waals surface area contributed by atoms with Gasteiger partial charge in [-0.3, -0.25) is 9.69 Å². The second kappa shape index (κ2) is 6.86. The number of nitrogens with zero attached hydrogens (tertiary/aromatic N) is 1. The number of nitrogens with two attached hydrogens (primary N) is 1. The number of amides is 1. The van der Waals surface area contributed by atoms with Crippen molar-refractivity contribution in [1.82, 2.24) is 10.2 Å². The van der Waals surface area contributed by atoms with E-state index in [1.165, 1.54) is 5.56 Å². The van der Waals surface area contributed by atoms with Crippen LogP contribution in [0.4, 0.5) is 0 Å². The summed E-state index contributed by atoms with van der Waals surface area (Å²) < 4.78 is 0. The molecule has 4 heteroatoms. The number of hydrogen-bond acceptors (Lipinski definition) is 3. The Morgan fingerprint density at radius 2 is 2.15 bits per heavy atom. The molecule has 1 aromatic rings. The SMILES string of the molecule is Cc1cccc([C@@H](C)NC(=O)CN2CCC(N)CC2)c1. The van der Waals surface area contributed by atoms with Crippen molar-refractivity contribution in [2.45, 2.75) is 38.8 Å². The van der Waals surface area contributed by atoms with Gasteiger partial charge in [-0.2, -0.15) is 0 Å². The number of nitrogens with one attached hydrogen (secondary N) is 1. The van der Waals surface area contributed by atoms with E-state index in [2.05, 4.69) is 35.3 Å². The lowest BCUT2D eigenvalue weighted by Crippen LogP contribution is -2.44. The van der Waals surface area contributed by atoms with Gasteiger partial charge in [0.2, 0.25) is 5.91 Å². The molecular formula is C16H25N3O. The van der Waals surface area contributed by atoms with Crippen LogP contribution in [0, 0.1) is 6.92 Å². The molecule has 0 radical (unpaired) electrons. The van der Waals surface area contributed by atoms with E-state index in [4.69, 9.17) is 5.73 Å². The minimum Gasteiger partial charge on any atom is -0.348 e. The van der Waals surface area contributed by atoms with Gasteiger partial charge in [-0.05, 0) is 32.3 Å². The number of hydrogen-bond donors (Lipinski definition) is 2. The first kappa shape index (κ1) is 15.0. The van der Waals surface area contributed by atoms with Crippen LogP contribution in [-0.4, -0.2) is 36.5 Å². The van der Waals surface area contributed by atoms with Crippen molar-refractivity contribution in [1.29, 1.82) is 0 Å². The maximum absolute atomic E-state index is 12.1. The van der Waals surface area contributed by atoms with Crippen LogP contribution < -0.4 is 11.1 Å². The van der Waals surface area contributed by atoms with E-state index >= 15 is 0 Å². The molecule has 1 atom stereocenters. The first-order chi connectivity index (χ1) is 9.54. The lowest BCUT2D eigenvalue weighted by atomic mass is 10.1. The Labute approximate surface area is 121 Å². The molecule has 3 N–H and O–H groups in total. The molecule has 1 saturated heterocycles. The highest BCUT2D eigenvalue weighted by atomic mass is 16.2. The number of aryl methyl sites for hydroxylation is 1. The third-order valence-corrected chi connectivity index (χ3v) is 3.92. The van der Waals surface area contributed by atoms with Crippen LogP contribution in [0.15, 0.2) is 24.3 Å². The van der Waals surface area contributed by atoms with E-state index in [0.29, 0.717) is 12.6 Å². The molecule has 1 heterocycles. The minimum atomic E-state index is 0.0504. The molecule has 0 spiro atoms. The van der Waals surface area contributed by atoms with Gasteiger partial charge in [0.25, 0.3) is 0 Å². The van der Waals surface area contributed by atoms with Gasteiger partial charge in [-0.15, -0.1) is 0 Å². The summed E-state index contributed by atoms with van der Waals surface area (Å²) in [5, 5.41) is 3.07. The van der Waals surface area contributed by atoms with Gasteiger partial charge in [0.15, 0.2) is 0 Å². The lowest BCUT2D eigenvalue weighted by molar-refractivity contribution is -0.123. The zero-order chi connectivity index (χ0) is 14.5. The fourth-order valence-electron chi connectivity index (χ4n) is 2.62. The molecule has 1 aliphatic heterocycles. The summed E-state index contributed by atoms with van der Waals surface area (Å²) in [5.41, 5.74) is 8.24. The second-order valence-electron chi connectivity index (χ2n) is 5.82. The van der Waals surface area contributed by atoms with Crippen LogP contribution in [0.2, 0.25) is 0 Å². The summed E-state index contributed by atoms with van der Waals surface area (Å²) in [6, 6.07) is 8.62. The monoisotopic (exact) mass is 275 g/mol. The van der Waals surface area contributed by atoms with E-state index in [9.17, 15) is 4.79 Å². The van der Waals surface area contributed by atoms with Crippen molar-refractivity contribution in [3.63, 3.8) is 0 Å². The third-order valence-electron chi connectivity index (χ3n) is 3.92. The molecule has 0 bridgehead atoms. The Balaban J connectivity index is 1.82. The highest BCUT2D eigenvalue weighted by Gasteiger charge is 2.19. The number of piperidine rings is 1. The van der Waals surface area contributed by atoms with Crippen LogP contribution in [0.25, 0.3) is 0 Å². The van der Waals surface area contributed by atoms with E-state index in [0.717, 1.165) is 31.5 Å². The van der Waals surface area contributed by atoms with Gasteiger partial charge < -0.3 is 11.1 Å². The predicted octanol–water partition coefficient (Wildman–Crippen LogP) is 1.60. The van der Waals surface area contributed by atoms with Crippen molar-refractivity contribution in [3.05, 3.63) is 35.4 Å². The molecule has 0 saturated carbocycles. The lowest BCUT2D eigenvalue weighted by Gasteiger charge is -2.29. The van der Waals surface area contributed by atoms with Crippen LogP contribution in [0.3, 0.4) is 0 Å². The minimum absolute atomic E-state index is 0.0504. The molecule has 1 aromatic carbocycles. The molecule has 1 aliphatic rings. The maximum atomic E-state index is 12.1. The van der Waals surface area contributed by atoms with Crippen LogP contribution >= 0.6 is 0 Å². The highest BCUT2D eigenvalue weighted by Crippen LogP contribution is 2.14. The fraction of sp³-hybridized carbons (Fsp3) is 0.562. The summed E-state index contributed by atoms with van der Waals surface area (Å²) in [7, 11) is 0. The average Bonchev–Trinajstić information content (AvgIpc) is 2.41. The van der Waals surface area contributed by atoms with Crippen molar-refractivity contribution < 1.29 is 4.79 Å². The summed E-state index contributed by atoms with van der Waals surface area (Å²) in [5.74, 6) is 0.0921. The highest BCUT2D eigenvalue weighted by molar-refractivity contribution is 5.78.